The van der Waals surface area contributed by atoms with Gasteiger partial charge in [0.15, 0.2) is 17.5 Å². The zero-order valence-electron chi connectivity index (χ0n) is 27.2. The second kappa shape index (κ2) is 10.5. The van der Waals surface area contributed by atoms with Crippen LogP contribution in [0, 0.1) is 0 Å². The van der Waals surface area contributed by atoms with Gasteiger partial charge in [0.05, 0.1) is 6.61 Å². The molecule has 5 nitrogen and oxygen atoms in total. The number of ether oxygens (including phenoxy) is 1. The maximum absolute atomic E-state index is 6.60. The molecule has 234 valence electrons. The van der Waals surface area contributed by atoms with Gasteiger partial charge in [0.25, 0.3) is 0 Å². The van der Waals surface area contributed by atoms with Gasteiger partial charge in [0.2, 0.25) is 0 Å². The summed E-state index contributed by atoms with van der Waals surface area (Å²) in [5.74, 6) is 2.72. The standard InChI is InChI=1S/C44H31N3O2/c1-44(2)34-17-8-6-14-29(34)30-21-22-36-39(40(30)44)32-20-19-28(25-37(32)49-36)42-45-41(27-11-4-3-5-12-27)46-43(47-42)33-16-10-13-26-23-24-48-35-18-9-7-15-31(35)38(26)33/h3-22,25H,23-24H2,1-2H3. The molecule has 0 N–H and O–H groups in total. The van der Waals surface area contributed by atoms with Crippen LogP contribution in [-0.2, 0) is 11.8 Å². The highest BCUT2D eigenvalue weighted by Crippen LogP contribution is 2.53. The Morgan fingerprint density at radius 2 is 1.31 bits per heavy atom. The van der Waals surface area contributed by atoms with Gasteiger partial charge in [-0.15, -0.1) is 0 Å². The minimum atomic E-state index is -0.147. The average molecular weight is 634 g/mol. The number of nitrogens with zero attached hydrogens (tertiary/aromatic N) is 3. The fourth-order valence-corrected chi connectivity index (χ4v) is 8.00. The molecule has 0 fully saturated rings. The van der Waals surface area contributed by atoms with Gasteiger partial charge in [0, 0.05) is 44.9 Å². The molecule has 0 amide bonds. The van der Waals surface area contributed by atoms with E-state index in [0.29, 0.717) is 24.1 Å². The number of hydrogen-bond donors (Lipinski definition) is 0. The van der Waals surface area contributed by atoms with E-state index in [9.17, 15) is 0 Å². The summed E-state index contributed by atoms with van der Waals surface area (Å²) in [6.07, 6.45) is 0.801. The third kappa shape index (κ3) is 4.22. The minimum Gasteiger partial charge on any atom is -0.493 e. The summed E-state index contributed by atoms with van der Waals surface area (Å²) in [6.45, 7) is 5.25. The molecule has 6 aromatic carbocycles. The van der Waals surface area contributed by atoms with Crippen LogP contribution in [0.15, 0.2) is 132 Å². The van der Waals surface area contributed by atoms with Crippen LogP contribution in [-0.4, -0.2) is 21.6 Å². The van der Waals surface area contributed by atoms with E-state index in [-0.39, 0.29) is 5.41 Å². The van der Waals surface area contributed by atoms with Crippen LogP contribution in [0.2, 0.25) is 0 Å². The molecule has 0 saturated heterocycles. The lowest BCUT2D eigenvalue weighted by atomic mass is 9.80. The van der Waals surface area contributed by atoms with E-state index in [0.717, 1.165) is 56.5 Å². The molecule has 5 heteroatoms. The molecule has 0 bridgehead atoms. The maximum Gasteiger partial charge on any atom is 0.164 e. The molecule has 1 aliphatic carbocycles. The van der Waals surface area contributed by atoms with Crippen molar-refractivity contribution in [2.75, 3.05) is 6.61 Å². The first kappa shape index (κ1) is 28.0. The highest BCUT2D eigenvalue weighted by molar-refractivity contribution is 6.11. The average Bonchev–Trinajstić information content (AvgIpc) is 3.54. The van der Waals surface area contributed by atoms with Crippen molar-refractivity contribution in [3.63, 3.8) is 0 Å². The van der Waals surface area contributed by atoms with Crippen molar-refractivity contribution in [1.29, 1.82) is 0 Å². The second-order valence-corrected chi connectivity index (χ2v) is 13.5. The lowest BCUT2D eigenvalue weighted by Gasteiger charge is -2.22. The molecule has 0 saturated carbocycles. The van der Waals surface area contributed by atoms with Crippen LogP contribution in [0.3, 0.4) is 0 Å². The Morgan fingerprint density at radius 1 is 0.571 bits per heavy atom. The molecule has 10 rings (SSSR count). The van der Waals surface area contributed by atoms with Crippen LogP contribution in [0.4, 0.5) is 0 Å². The van der Waals surface area contributed by atoms with Crippen molar-refractivity contribution >= 4 is 21.9 Å². The number of benzene rings is 6. The molecule has 8 aromatic rings. The Bertz CT molecular complexity index is 2620. The Morgan fingerprint density at radius 3 is 2.18 bits per heavy atom. The zero-order chi connectivity index (χ0) is 32.7. The Hall–Kier alpha value is -6.07. The Labute approximate surface area is 283 Å². The second-order valence-electron chi connectivity index (χ2n) is 13.5. The predicted molar refractivity (Wildman–Crippen MR) is 196 cm³/mol. The quantitative estimate of drug-likeness (QED) is 0.194. The smallest absolute Gasteiger partial charge is 0.164 e. The fourth-order valence-electron chi connectivity index (χ4n) is 8.00. The van der Waals surface area contributed by atoms with Crippen LogP contribution >= 0.6 is 0 Å². The first-order valence-electron chi connectivity index (χ1n) is 16.8. The highest BCUT2D eigenvalue weighted by atomic mass is 16.5. The monoisotopic (exact) mass is 633 g/mol. The van der Waals surface area contributed by atoms with E-state index in [4.69, 9.17) is 24.1 Å². The molecule has 2 aromatic heterocycles. The van der Waals surface area contributed by atoms with Crippen molar-refractivity contribution in [3.05, 3.63) is 144 Å². The van der Waals surface area contributed by atoms with Crippen LogP contribution in [0.1, 0.15) is 30.5 Å². The van der Waals surface area contributed by atoms with Crippen molar-refractivity contribution in [2.24, 2.45) is 0 Å². The molecular formula is C44H31N3O2. The van der Waals surface area contributed by atoms with Gasteiger partial charge in [-0.05, 0) is 57.6 Å². The molecule has 3 heterocycles. The molecule has 49 heavy (non-hydrogen) atoms. The normalized spacial score (nSPS) is 14.1. The summed E-state index contributed by atoms with van der Waals surface area (Å²) >= 11 is 0. The van der Waals surface area contributed by atoms with Crippen molar-refractivity contribution in [1.82, 2.24) is 15.0 Å². The fraction of sp³-hybridized carbons (Fsp3) is 0.114. The van der Waals surface area contributed by atoms with E-state index in [2.05, 4.69) is 98.8 Å². The largest absolute Gasteiger partial charge is 0.493 e. The first-order chi connectivity index (χ1) is 24.0. The van der Waals surface area contributed by atoms with Gasteiger partial charge in [-0.25, -0.2) is 15.0 Å². The number of para-hydroxylation sites is 1. The molecule has 0 radical (unpaired) electrons. The molecule has 0 atom stereocenters. The van der Waals surface area contributed by atoms with Crippen LogP contribution < -0.4 is 4.74 Å². The van der Waals surface area contributed by atoms with Gasteiger partial charge < -0.3 is 9.15 Å². The summed E-state index contributed by atoms with van der Waals surface area (Å²) in [6, 6.07) is 44.2. The summed E-state index contributed by atoms with van der Waals surface area (Å²) in [5.41, 5.74) is 12.9. The molecule has 0 spiro atoms. The van der Waals surface area contributed by atoms with Crippen molar-refractivity contribution < 1.29 is 9.15 Å². The van der Waals surface area contributed by atoms with E-state index in [1.165, 1.54) is 33.2 Å². The Kier molecular flexibility index (Phi) is 5.98. The topological polar surface area (TPSA) is 61.0 Å². The van der Waals surface area contributed by atoms with E-state index in [1.807, 2.05) is 42.5 Å². The lowest BCUT2D eigenvalue weighted by Crippen LogP contribution is -2.15. The van der Waals surface area contributed by atoms with Crippen molar-refractivity contribution in [3.8, 4) is 62.2 Å². The van der Waals surface area contributed by atoms with E-state index in [1.54, 1.807) is 0 Å². The zero-order valence-corrected chi connectivity index (χ0v) is 27.2. The molecular weight excluding hydrogens is 603 g/mol. The van der Waals surface area contributed by atoms with Crippen molar-refractivity contribution in [2.45, 2.75) is 25.7 Å². The number of hydrogen-bond acceptors (Lipinski definition) is 5. The van der Waals surface area contributed by atoms with Crippen LogP contribution in [0.25, 0.3) is 78.4 Å². The summed E-state index contributed by atoms with van der Waals surface area (Å²) in [5, 5.41) is 2.27. The van der Waals surface area contributed by atoms with Gasteiger partial charge in [-0.1, -0.05) is 117 Å². The number of aromatic nitrogens is 3. The van der Waals surface area contributed by atoms with Gasteiger partial charge in [-0.3, -0.25) is 0 Å². The van der Waals surface area contributed by atoms with E-state index >= 15 is 0 Å². The third-order valence-corrected chi connectivity index (χ3v) is 10.3. The number of rotatable bonds is 3. The van der Waals surface area contributed by atoms with Gasteiger partial charge in [0.1, 0.15) is 16.9 Å². The summed E-state index contributed by atoms with van der Waals surface area (Å²) in [7, 11) is 0. The molecule has 2 aliphatic rings. The Balaban J connectivity index is 1.18. The number of fused-ring (bicyclic) bond motifs is 10. The maximum atomic E-state index is 6.60. The highest BCUT2D eigenvalue weighted by Gasteiger charge is 2.38. The van der Waals surface area contributed by atoms with Gasteiger partial charge >= 0.3 is 0 Å². The third-order valence-electron chi connectivity index (χ3n) is 10.3. The van der Waals surface area contributed by atoms with Crippen LogP contribution in [0.5, 0.6) is 5.75 Å². The first-order valence-corrected chi connectivity index (χ1v) is 16.8. The predicted octanol–water partition coefficient (Wildman–Crippen LogP) is 10.7. The van der Waals surface area contributed by atoms with Gasteiger partial charge in [-0.2, -0.15) is 0 Å². The summed E-state index contributed by atoms with van der Waals surface area (Å²) in [4.78, 5) is 15.3. The minimum absolute atomic E-state index is 0.147. The summed E-state index contributed by atoms with van der Waals surface area (Å²) < 4.78 is 12.8. The molecule has 1 aliphatic heterocycles. The number of furan rings is 1. The lowest BCUT2D eigenvalue weighted by molar-refractivity contribution is 0.326. The van der Waals surface area contributed by atoms with E-state index < -0.39 is 0 Å². The molecule has 0 unspecified atom stereocenters. The SMILES string of the molecule is CC1(C)c2ccccc2-c2ccc3oc4cc(-c5nc(-c6ccccc6)nc(-c6cccc7c6-c6ccccc6OCC7)n5)ccc4c3c21.